The Kier molecular flexibility index (Phi) is 7.54. The van der Waals surface area contributed by atoms with E-state index in [0.29, 0.717) is 5.92 Å². The largest absolute Gasteiger partial charge is 0.478 e. The van der Waals surface area contributed by atoms with Gasteiger partial charge in [-0.2, -0.15) is 0 Å². The smallest absolute Gasteiger partial charge is 0.328 e. The third kappa shape index (κ3) is 5.18. The summed E-state index contributed by atoms with van der Waals surface area (Å²) in [6.45, 7) is 8.66. The third-order valence-corrected chi connectivity index (χ3v) is 7.03. The van der Waals surface area contributed by atoms with Gasteiger partial charge in [-0.1, -0.05) is 74.5 Å². The molecule has 2 atom stereocenters. The molecule has 4 heteroatoms. The Morgan fingerprint density at radius 1 is 1.06 bits per heavy atom. The van der Waals surface area contributed by atoms with Crippen LogP contribution in [0.3, 0.4) is 0 Å². The molecule has 0 fully saturated rings. The summed E-state index contributed by atoms with van der Waals surface area (Å²) in [4.78, 5) is 13.4. The van der Waals surface area contributed by atoms with Gasteiger partial charge in [0.2, 0.25) is 0 Å². The molecular weight excluding hydrogens is 444 g/mol. The van der Waals surface area contributed by atoms with Crippen LogP contribution in [-0.4, -0.2) is 23.3 Å². The standard InChI is InChI=1S/C32H34N2O2/c1-5-24(20-33)27-13-16-30-28(19-27)18-22(4)34(29-14-11-25(12-15-29)21(2)3)32(30)26-9-6-23(7-10-26)8-17-31(35)36/h5-17,19-22,32-33H,18H2,1-4H3,(H,35,36)/b17-8+,24-5+,33-20?. The highest BCUT2D eigenvalue weighted by Gasteiger charge is 2.33. The number of allylic oxidation sites excluding steroid dienone is 2. The summed E-state index contributed by atoms with van der Waals surface area (Å²) >= 11 is 0. The number of hydrogen-bond acceptors (Lipinski definition) is 3. The van der Waals surface area contributed by atoms with E-state index in [1.54, 1.807) is 6.08 Å². The van der Waals surface area contributed by atoms with Gasteiger partial charge in [0.1, 0.15) is 0 Å². The average molecular weight is 479 g/mol. The number of carboxylic acid groups (broad SMARTS) is 1. The zero-order valence-electron chi connectivity index (χ0n) is 21.4. The van der Waals surface area contributed by atoms with Crippen LogP contribution in [0.2, 0.25) is 0 Å². The molecule has 184 valence electrons. The second-order valence-corrected chi connectivity index (χ2v) is 9.75. The first kappa shape index (κ1) is 25.2. The Morgan fingerprint density at radius 2 is 1.75 bits per heavy atom. The maximum Gasteiger partial charge on any atom is 0.328 e. The SMILES string of the molecule is C/C=C(\C=N)c1ccc2c(c1)CC(C)N(c1ccc(C(C)C)cc1)C2c1ccc(/C=C/C(=O)O)cc1. The zero-order chi connectivity index (χ0) is 25.8. The van der Waals surface area contributed by atoms with E-state index in [2.05, 4.69) is 80.3 Å². The van der Waals surface area contributed by atoms with Crippen molar-refractivity contribution in [2.24, 2.45) is 0 Å². The molecule has 1 aliphatic heterocycles. The van der Waals surface area contributed by atoms with E-state index < -0.39 is 5.97 Å². The highest BCUT2D eigenvalue weighted by molar-refractivity contribution is 6.08. The van der Waals surface area contributed by atoms with Crippen molar-refractivity contribution in [3.05, 3.63) is 112 Å². The van der Waals surface area contributed by atoms with Crippen LogP contribution in [0, 0.1) is 5.41 Å². The highest BCUT2D eigenvalue weighted by Crippen LogP contribution is 2.42. The molecule has 1 aliphatic rings. The molecule has 2 N–H and O–H groups in total. The summed E-state index contributed by atoms with van der Waals surface area (Å²) in [5.74, 6) is -0.472. The van der Waals surface area contributed by atoms with Crippen LogP contribution in [0.4, 0.5) is 5.69 Å². The minimum absolute atomic E-state index is 0.0224. The van der Waals surface area contributed by atoms with Gasteiger partial charge in [0.15, 0.2) is 0 Å². The molecule has 0 bridgehead atoms. The first-order valence-electron chi connectivity index (χ1n) is 12.5. The van der Waals surface area contributed by atoms with Gasteiger partial charge >= 0.3 is 5.97 Å². The third-order valence-electron chi connectivity index (χ3n) is 7.03. The van der Waals surface area contributed by atoms with Gasteiger partial charge in [0.05, 0.1) is 6.04 Å². The second kappa shape index (κ2) is 10.8. The lowest BCUT2D eigenvalue weighted by Gasteiger charge is -2.44. The van der Waals surface area contributed by atoms with E-state index in [0.717, 1.165) is 28.7 Å². The van der Waals surface area contributed by atoms with Crippen molar-refractivity contribution in [2.45, 2.75) is 52.1 Å². The lowest BCUT2D eigenvalue weighted by molar-refractivity contribution is -0.131. The highest BCUT2D eigenvalue weighted by atomic mass is 16.4. The van der Waals surface area contributed by atoms with Crippen molar-refractivity contribution < 1.29 is 9.90 Å². The molecule has 0 saturated heterocycles. The zero-order valence-corrected chi connectivity index (χ0v) is 21.4. The van der Waals surface area contributed by atoms with Gasteiger partial charge in [0, 0.05) is 24.0 Å². The quantitative estimate of drug-likeness (QED) is 0.273. The number of nitrogens with one attached hydrogen (secondary N) is 1. The van der Waals surface area contributed by atoms with Crippen LogP contribution in [0.1, 0.15) is 73.0 Å². The number of nitrogens with zero attached hydrogens (tertiary/aromatic N) is 1. The maximum atomic E-state index is 10.9. The van der Waals surface area contributed by atoms with Gasteiger partial charge in [-0.15, -0.1) is 0 Å². The van der Waals surface area contributed by atoms with E-state index in [4.69, 9.17) is 10.5 Å². The van der Waals surface area contributed by atoms with Gasteiger partial charge in [-0.25, -0.2) is 4.79 Å². The number of benzene rings is 3. The molecule has 0 aliphatic carbocycles. The molecule has 0 radical (unpaired) electrons. The van der Waals surface area contributed by atoms with Gasteiger partial charge in [-0.3, -0.25) is 0 Å². The molecule has 0 amide bonds. The fourth-order valence-electron chi connectivity index (χ4n) is 5.12. The number of carboxylic acids is 1. The second-order valence-electron chi connectivity index (χ2n) is 9.75. The van der Waals surface area contributed by atoms with Crippen molar-refractivity contribution in [2.75, 3.05) is 4.90 Å². The Balaban J connectivity index is 1.82. The van der Waals surface area contributed by atoms with E-state index in [1.165, 1.54) is 34.7 Å². The molecule has 36 heavy (non-hydrogen) atoms. The normalized spacial score (nSPS) is 17.9. The molecule has 3 aromatic carbocycles. The molecule has 1 heterocycles. The van der Waals surface area contributed by atoms with Crippen molar-refractivity contribution >= 4 is 29.5 Å². The Hall–Kier alpha value is -3.92. The van der Waals surface area contributed by atoms with Crippen molar-refractivity contribution in [1.29, 1.82) is 5.41 Å². The van der Waals surface area contributed by atoms with E-state index in [9.17, 15) is 4.79 Å². The summed E-state index contributed by atoms with van der Waals surface area (Å²) in [6, 6.07) is 23.9. The summed E-state index contributed by atoms with van der Waals surface area (Å²) in [5, 5.41) is 16.8. The Morgan fingerprint density at radius 3 is 2.33 bits per heavy atom. The van der Waals surface area contributed by atoms with Crippen LogP contribution >= 0.6 is 0 Å². The predicted molar refractivity (Wildman–Crippen MR) is 150 cm³/mol. The van der Waals surface area contributed by atoms with Crippen molar-refractivity contribution in [3.63, 3.8) is 0 Å². The molecule has 3 aromatic rings. The van der Waals surface area contributed by atoms with Crippen molar-refractivity contribution in [3.8, 4) is 0 Å². The van der Waals surface area contributed by atoms with Gasteiger partial charge in [-0.05, 0) is 83.3 Å². The fraction of sp³-hybridized carbons (Fsp3) is 0.250. The topological polar surface area (TPSA) is 64.4 Å². The minimum Gasteiger partial charge on any atom is -0.478 e. The van der Waals surface area contributed by atoms with E-state index in [-0.39, 0.29) is 12.1 Å². The Labute approximate surface area is 214 Å². The number of aliphatic carboxylic acids is 1. The Bertz CT molecular complexity index is 1300. The van der Waals surface area contributed by atoms with E-state index >= 15 is 0 Å². The number of anilines is 1. The molecular formula is C32H34N2O2. The number of hydrogen-bond donors (Lipinski definition) is 2. The number of rotatable bonds is 7. The lowest BCUT2D eigenvalue weighted by Crippen LogP contribution is -2.43. The van der Waals surface area contributed by atoms with Crippen LogP contribution in [0.5, 0.6) is 0 Å². The molecule has 4 nitrogen and oxygen atoms in total. The summed E-state index contributed by atoms with van der Waals surface area (Å²) in [6.07, 6.45) is 7.09. The molecule has 0 spiro atoms. The maximum absolute atomic E-state index is 10.9. The molecule has 4 rings (SSSR count). The predicted octanol–water partition coefficient (Wildman–Crippen LogP) is 7.50. The first-order chi connectivity index (χ1) is 17.3. The summed E-state index contributed by atoms with van der Waals surface area (Å²) in [5.41, 5.74) is 9.09. The van der Waals surface area contributed by atoms with Crippen LogP contribution in [-0.2, 0) is 11.2 Å². The minimum atomic E-state index is -0.952. The van der Waals surface area contributed by atoms with Crippen molar-refractivity contribution in [1.82, 2.24) is 0 Å². The lowest BCUT2D eigenvalue weighted by atomic mass is 9.83. The number of fused-ring (bicyclic) bond motifs is 1. The molecule has 2 unspecified atom stereocenters. The first-order valence-corrected chi connectivity index (χ1v) is 12.5. The average Bonchev–Trinajstić information content (AvgIpc) is 2.87. The summed E-state index contributed by atoms with van der Waals surface area (Å²) < 4.78 is 0. The number of carbonyl (C=O) groups is 1. The van der Waals surface area contributed by atoms with Crippen LogP contribution < -0.4 is 4.90 Å². The fourth-order valence-corrected chi connectivity index (χ4v) is 5.12. The van der Waals surface area contributed by atoms with Gasteiger partial charge in [0.25, 0.3) is 0 Å². The van der Waals surface area contributed by atoms with Crippen LogP contribution in [0.25, 0.3) is 11.6 Å². The van der Waals surface area contributed by atoms with Crippen LogP contribution in [0.15, 0.2) is 78.9 Å². The van der Waals surface area contributed by atoms with E-state index in [1.807, 2.05) is 25.1 Å². The monoisotopic (exact) mass is 478 g/mol. The molecule has 0 saturated carbocycles. The summed E-state index contributed by atoms with van der Waals surface area (Å²) in [7, 11) is 0. The molecule has 0 aromatic heterocycles. The van der Waals surface area contributed by atoms with Gasteiger partial charge < -0.3 is 15.4 Å².